The summed E-state index contributed by atoms with van der Waals surface area (Å²) in [5.74, 6) is 0.463. The summed E-state index contributed by atoms with van der Waals surface area (Å²) in [4.78, 5) is 13.0. The molecule has 1 amide bonds. The molecule has 7 heteroatoms. The molecule has 0 unspecified atom stereocenters. The van der Waals surface area contributed by atoms with Gasteiger partial charge in [-0.3, -0.25) is 4.79 Å². The molecule has 2 atom stereocenters. The molecule has 5 nitrogen and oxygen atoms in total. The van der Waals surface area contributed by atoms with Crippen LogP contribution in [-0.4, -0.2) is 25.9 Å². The number of nitrogens with one attached hydrogen (secondary N) is 1. The number of carbonyl (C=O) groups is 1. The maximum atomic E-state index is 14.6. The third-order valence-electron chi connectivity index (χ3n) is 6.31. The Balaban J connectivity index is 1.52. The van der Waals surface area contributed by atoms with Gasteiger partial charge >= 0.3 is 0 Å². The van der Waals surface area contributed by atoms with Gasteiger partial charge in [-0.1, -0.05) is 80.2 Å². The number of carbonyl (C=O) groups excluding carboxylic acids is 1. The zero-order valence-corrected chi connectivity index (χ0v) is 21.6. The van der Waals surface area contributed by atoms with Crippen molar-refractivity contribution >= 4 is 23.4 Å². The van der Waals surface area contributed by atoms with Gasteiger partial charge in [0.1, 0.15) is 5.82 Å². The molecule has 186 valence electrons. The van der Waals surface area contributed by atoms with E-state index in [2.05, 4.69) is 53.6 Å². The number of aryl methyl sites for hydroxylation is 1. The molecule has 0 aliphatic rings. The number of halogens is 1. The molecular weight excluding hydrogens is 471 g/mol. The predicted molar refractivity (Wildman–Crippen MR) is 145 cm³/mol. The van der Waals surface area contributed by atoms with Gasteiger partial charge in [0, 0.05) is 12.2 Å². The van der Waals surface area contributed by atoms with Gasteiger partial charge < -0.3 is 9.88 Å². The molecule has 0 saturated heterocycles. The summed E-state index contributed by atoms with van der Waals surface area (Å²) in [5, 5.41) is 11.8. The van der Waals surface area contributed by atoms with Crippen molar-refractivity contribution in [1.82, 2.24) is 14.8 Å². The molecule has 0 spiro atoms. The van der Waals surface area contributed by atoms with Crippen molar-refractivity contribution in [1.29, 1.82) is 0 Å². The van der Waals surface area contributed by atoms with Crippen molar-refractivity contribution in [2.45, 2.75) is 56.5 Å². The monoisotopic (exact) mass is 502 g/mol. The highest BCUT2D eigenvalue weighted by atomic mass is 32.2. The van der Waals surface area contributed by atoms with Crippen molar-refractivity contribution in [3.63, 3.8) is 0 Å². The van der Waals surface area contributed by atoms with Crippen molar-refractivity contribution in [2.24, 2.45) is 0 Å². The fourth-order valence-electron chi connectivity index (χ4n) is 3.89. The van der Waals surface area contributed by atoms with E-state index in [0.717, 1.165) is 24.1 Å². The number of hydrogen-bond acceptors (Lipinski definition) is 4. The first-order valence-electron chi connectivity index (χ1n) is 12.3. The molecule has 3 aromatic carbocycles. The average Bonchev–Trinajstić information content (AvgIpc) is 3.30. The second-order valence-electron chi connectivity index (χ2n) is 8.85. The minimum absolute atomic E-state index is 0.124. The van der Waals surface area contributed by atoms with Crippen molar-refractivity contribution in [3.05, 3.63) is 95.8 Å². The van der Waals surface area contributed by atoms with Crippen LogP contribution >= 0.6 is 11.8 Å². The number of aromatic nitrogens is 3. The zero-order chi connectivity index (χ0) is 25.5. The first-order valence-corrected chi connectivity index (χ1v) is 13.1. The minimum atomic E-state index is -0.424. The number of anilines is 1. The number of nitrogens with zero attached hydrogens (tertiary/aromatic N) is 3. The van der Waals surface area contributed by atoms with Gasteiger partial charge in [0.2, 0.25) is 5.91 Å². The van der Waals surface area contributed by atoms with E-state index in [0.29, 0.717) is 29.0 Å². The smallest absolute Gasteiger partial charge is 0.237 e. The molecule has 0 bridgehead atoms. The third-order valence-corrected chi connectivity index (χ3v) is 7.39. The van der Waals surface area contributed by atoms with Crippen molar-refractivity contribution in [2.75, 3.05) is 5.32 Å². The van der Waals surface area contributed by atoms with E-state index in [1.54, 1.807) is 18.2 Å². The second-order valence-corrected chi connectivity index (χ2v) is 10.2. The SMILES string of the molecule is CC[C@@H](C)c1ccc(NC(=O)[C@@H](C)Sc2nnc(-c3ccccc3F)n2CCc2ccccc2)cc1. The average molecular weight is 503 g/mol. The first kappa shape index (κ1) is 25.6. The van der Waals surface area contributed by atoms with E-state index in [9.17, 15) is 9.18 Å². The van der Waals surface area contributed by atoms with Gasteiger partial charge in [-0.25, -0.2) is 4.39 Å². The molecular formula is C29H31FN4OS. The predicted octanol–water partition coefficient (Wildman–Crippen LogP) is 6.96. The van der Waals surface area contributed by atoms with Crippen LogP contribution < -0.4 is 5.32 Å². The van der Waals surface area contributed by atoms with Gasteiger partial charge in [-0.15, -0.1) is 10.2 Å². The summed E-state index contributed by atoms with van der Waals surface area (Å²) in [6.45, 7) is 6.76. The summed E-state index contributed by atoms with van der Waals surface area (Å²) < 4.78 is 16.5. The zero-order valence-electron chi connectivity index (χ0n) is 20.8. The molecule has 1 N–H and O–H groups in total. The Bertz CT molecular complexity index is 1290. The van der Waals surface area contributed by atoms with Crippen LogP contribution in [0.1, 0.15) is 44.2 Å². The summed E-state index contributed by atoms with van der Waals surface area (Å²) in [6, 6.07) is 24.6. The van der Waals surface area contributed by atoms with Crippen LogP contribution in [0.2, 0.25) is 0 Å². The molecule has 0 aliphatic carbocycles. The Kier molecular flexibility index (Phi) is 8.54. The Labute approximate surface area is 216 Å². The van der Waals surface area contributed by atoms with E-state index in [1.807, 2.05) is 41.8 Å². The molecule has 4 rings (SSSR count). The number of thioether (sulfide) groups is 1. The highest BCUT2D eigenvalue weighted by Crippen LogP contribution is 2.29. The first-order chi connectivity index (χ1) is 17.5. The quantitative estimate of drug-likeness (QED) is 0.238. The molecule has 36 heavy (non-hydrogen) atoms. The van der Waals surface area contributed by atoms with Crippen LogP contribution in [0.25, 0.3) is 11.4 Å². The highest BCUT2D eigenvalue weighted by Gasteiger charge is 2.22. The molecule has 1 aromatic heterocycles. The lowest BCUT2D eigenvalue weighted by Gasteiger charge is -2.15. The Morgan fingerprint density at radius 1 is 0.972 bits per heavy atom. The van der Waals surface area contributed by atoms with E-state index in [4.69, 9.17) is 0 Å². The molecule has 0 fully saturated rings. The maximum Gasteiger partial charge on any atom is 0.237 e. The lowest BCUT2D eigenvalue weighted by Crippen LogP contribution is -2.23. The number of amides is 1. The Morgan fingerprint density at radius 2 is 1.67 bits per heavy atom. The van der Waals surface area contributed by atoms with Gasteiger partial charge in [0.25, 0.3) is 0 Å². The lowest BCUT2D eigenvalue weighted by atomic mass is 9.99. The standard InChI is InChI=1S/C29H31FN4OS/c1-4-20(2)23-14-16-24(17-15-23)31-28(35)21(3)36-29-33-32-27(25-12-8-9-13-26(25)30)34(29)19-18-22-10-6-5-7-11-22/h5-17,20-21H,4,18-19H2,1-3H3,(H,31,35)/t20-,21-/m1/s1. The normalized spacial score (nSPS) is 12.8. The lowest BCUT2D eigenvalue weighted by molar-refractivity contribution is -0.115. The third kappa shape index (κ3) is 6.21. The van der Waals surface area contributed by atoms with Crippen LogP contribution in [0.4, 0.5) is 10.1 Å². The summed E-state index contributed by atoms with van der Waals surface area (Å²) in [7, 11) is 0. The van der Waals surface area contributed by atoms with Crippen molar-refractivity contribution in [3.8, 4) is 11.4 Å². The van der Waals surface area contributed by atoms with Crippen LogP contribution in [0.15, 0.2) is 84.0 Å². The Morgan fingerprint density at radius 3 is 2.36 bits per heavy atom. The van der Waals surface area contributed by atoms with E-state index in [-0.39, 0.29) is 11.7 Å². The van der Waals surface area contributed by atoms with Gasteiger partial charge in [-0.2, -0.15) is 0 Å². The fraction of sp³-hybridized carbons (Fsp3) is 0.276. The van der Waals surface area contributed by atoms with E-state index >= 15 is 0 Å². The molecule has 1 heterocycles. The van der Waals surface area contributed by atoms with Crippen LogP contribution in [-0.2, 0) is 17.8 Å². The highest BCUT2D eigenvalue weighted by molar-refractivity contribution is 8.00. The number of benzene rings is 3. The van der Waals surface area contributed by atoms with Gasteiger partial charge in [0.05, 0.1) is 10.8 Å². The van der Waals surface area contributed by atoms with Crippen LogP contribution in [0.5, 0.6) is 0 Å². The molecule has 0 aliphatic heterocycles. The van der Waals surface area contributed by atoms with E-state index in [1.165, 1.54) is 23.4 Å². The molecule has 0 saturated carbocycles. The minimum Gasteiger partial charge on any atom is -0.325 e. The van der Waals surface area contributed by atoms with Crippen LogP contribution in [0.3, 0.4) is 0 Å². The van der Waals surface area contributed by atoms with Crippen LogP contribution in [0, 0.1) is 5.82 Å². The van der Waals surface area contributed by atoms with Gasteiger partial charge in [0.15, 0.2) is 11.0 Å². The number of hydrogen-bond donors (Lipinski definition) is 1. The van der Waals surface area contributed by atoms with Crippen molar-refractivity contribution < 1.29 is 9.18 Å². The summed E-state index contributed by atoms with van der Waals surface area (Å²) >= 11 is 1.32. The number of rotatable bonds is 10. The molecule has 4 aromatic rings. The summed E-state index contributed by atoms with van der Waals surface area (Å²) in [6.07, 6.45) is 1.80. The maximum absolute atomic E-state index is 14.6. The molecule has 0 radical (unpaired) electrons. The summed E-state index contributed by atoms with van der Waals surface area (Å²) in [5.41, 5.74) is 3.57. The van der Waals surface area contributed by atoms with Gasteiger partial charge in [-0.05, 0) is 61.1 Å². The largest absolute Gasteiger partial charge is 0.325 e. The Hall–Kier alpha value is -3.45. The van der Waals surface area contributed by atoms with E-state index < -0.39 is 5.25 Å². The second kappa shape index (κ2) is 12.0. The fourth-order valence-corrected chi connectivity index (χ4v) is 4.77. The topological polar surface area (TPSA) is 59.8 Å².